The summed E-state index contributed by atoms with van der Waals surface area (Å²) in [7, 11) is 0. The Kier molecular flexibility index (Phi) is 15.5. The van der Waals surface area contributed by atoms with Crippen molar-refractivity contribution in [2.45, 2.75) is 102 Å². The Morgan fingerprint density at radius 2 is 1.67 bits per heavy atom. The summed E-state index contributed by atoms with van der Waals surface area (Å²) in [6, 6.07) is 3.45. The number of aromatic nitrogens is 2. The largest absolute Gasteiger partial charge is 0.356 e. The van der Waals surface area contributed by atoms with Crippen molar-refractivity contribution in [3.8, 4) is 0 Å². The SMILES string of the molecule is Cl.Cl.Cl.O=C(NCCC1C(Nc2nccc(N3CCCCCC3)n2)CCCN1C1CCCCC1)[C@H]1CCNC1. The molecule has 3 atom stereocenters. The summed E-state index contributed by atoms with van der Waals surface area (Å²) in [6.45, 7) is 5.87. The highest BCUT2D eigenvalue weighted by atomic mass is 35.5. The van der Waals surface area contributed by atoms with Gasteiger partial charge < -0.3 is 20.9 Å². The standard InChI is InChI=1S/C28H47N7O.3ClH/c36-27(22-12-15-29-21-22)30-16-13-25-24(11-8-20-35(25)23-9-4-3-5-10-23)32-28-31-17-14-26(33-28)34-18-6-1-2-7-19-34;;;/h14,17,22-25,29H,1-13,15-16,18-21H2,(H,30,36)(H,31,32,33);3*1H/t22-,24?,25?;;;/m0.../s1. The van der Waals surface area contributed by atoms with Crippen LogP contribution >= 0.6 is 37.2 Å². The van der Waals surface area contributed by atoms with Crippen LogP contribution in [0.3, 0.4) is 0 Å². The Hall–Kier alpha value is -1.06. The molecule has 224 valence electrons. The molecule has 0 radical (unpaired) electrons. The number of carbonyl (C=O) groups excluding carboxylic acids is 1. The summed E-state index contributed by atoms with van der Waals surface area (Å²) in [5, 5.41) is 10.4. The second-order valence-corrected chi connectivity index (χ2v) is 11.4. The molecule has 0 bridgehead atoms. The Labute approximate surface area is 253 Å². The lowest BCUT2D eigenvalue weighted by Crippen LogP contribution is -2.56. The van der Waals surface area contributed by atoms with E-state index in [1.54, 1.807) is 0 Å². The Morgan fingerprint density at radius 1 is 0.923 bits per heavy atom. The van der Waals surface area contributed by atoms with Crippen LogP contribution in [0.5, 0.6) is 0 Å². The van der Waals surface area contributed by atoms with E-state index in [0.717, 1.165) is 63.8 Å². The summed E-state index contributed by atoms with van der Waals surface area (Å²) in [5.74, 6) is 2.18. The maximum atomic E-state index is 12.6. The summed E-state index contributed by atoms with van der Waals surface area (Å²) in [4.78, 5) is 27.5. The monoisotopic (exact) mass is 605 g/mol. The molecule has 3 saturated heterocycles. The van der Waals surface area contributed by atoms with Gasteiger partial charge in [-0.1, -0.05) is 32.1 Å². The van der Waals surface area contributed by atoms with E-state index < -0.39 is 0 Å². The van der Waals surface area contributed by atoms with Gasteiger partial charge in [0.2, 0.25) is 11.9 Å². The molecule has 1 aliphatic carbocycles. The number of hydrogen-bond donors (Lipinski definition) is 3. The number of nitrogens with zero attached hydrogens (tertiary/aromatic N) is 4. The second-order valence-electron chi connectivity index (χ2n) is 11.4. The Bertz CT molecular complexity index is 831. The molecule has 0 spiro atoms. The van der Waals surface area contributed by atoms with E-state index in [1.807, 2.05) is 6.20 Å². The van der Waals surface area contributed by atoms with Crippen molar-refractivity contribution in [1.29, 1.82) is 0 Å². The molecule has 5 rings (SSSR count). The van der Waals surface area contributed by atoms with Crippen molar-refractivity contribution in [3.63, 3.8) is 0 Å². The van der Waals surface area contributed by atoms with E-state index in [1.165, 1.54) is 70.8 Å². The van der Waals surface area contributed by atoms with Crippen LogP contribution in [0, 0.1) is 5.92 Å². The van der Waals surface area contributed by atoms with Crippen LogP contribution in [0.25, 0.3) is 0 Å². The molecule has 4 fully saturated rings. The molecule has 8 nitrogen and oxygen atoms in total. The summed E-state index contributed by atoms with van der Waals surface area (Å²) in [5.41, 5.74) is 0. The average molecular weight is 607 g/mol. The van der Waals surface area contributed by atoms with Crippen molar-refractivity contribution in [2.24, 2.45) is 5.92 Å². The first-order chi connectivity index (χ1) is 17.8. The second kappa shape index (κ2) is 17.7. The topological polar surface area (TPSA) is 85.4 Å². The van der Waals surface area contributed by atoms with E-state index in [0.29, 0.717) is 18.1 Å². The first kappa shape index (κ1) is 34.1. The van der Waals surface area contributed by atoms with Gasteiger partial charge >= 0.3 is 0 Å². The molecular formula is C28H50Cl3N7O. The number of amides is 1. The number of hydrogen-bond acceptors (Lipinski definition) is 7. The van der Waals surface area contributed by atoms with Crippen LogP contribution < -0.4 is 20.9 Å². The molecule has 3 aliphatic heterocycles. The number of piperidine rings is 1. The van der Waals surface area contributed by atoms with Crippen LogP contribution in [-0.4, -0.2) is 78.2 Å². The number of anilines is 2. The maximum absolute atomic E-state index is 12.6. The molecule has 1 saturated carbocycles. The van der Waals surface area contributed by atoms with Crippen LogP contribution in [0.1, 0.15) is 83.5 Å². The van der Waals surface area contributed by atoms with Crippen LogP contribution in [0.15, 0.2) is 12.3 Å². The molecule has 2 unspecified atom stereocenters. The van der Waals surface area contributed by atoms with Gasteiger partial charge in [-0.25, -0.2) is 4.98 Å². The maximum Gasteiger partial charge on any atom is 0.224 e. The van der Waals surface area contributed by atoms with E-state index in [-0.39, 0.29) is 49.0 Å². The van der Waals surface area contributed by atoms with E-state index >= 15 is 0 Å². The molecule has 0 aromatic carbocycles. The third kappa shape index (κ3) is 9.49. The van der Waals surface area contributed by atoms with Crippen molar-refractivity contribution in [2.75, 3.05) is 49.5 Å². The van der Waals surface area contributed by atoms with E-state index in [9.17, 15) is 4.79 Å². The number of nitrogens with one attached hydrogen (secondary N) is 3. The summed E-state index contributed by atoms with van der Waals surface area (Å²) in [6.07, 6.45) is 18.0. The normalized spacial score (nSPS) is 26.4. The van der Waals surface area contributed by atoms with Crippen LogP contribution in [-0.2, 0) is 4.79 Å². The van der Waals surface area contributed by atoms with E-state index in [4.69, 9.17) is 4.98 Å². The molecule has 1 amide bonds. The molecule has 11 heteroatoms. The predicted molar refractivity (Wildman–Crippen MR) is 167 cm³/mol. The number of rotatable bonds is 8. The molecule has 1 aromatic heterocycles. The smallest absolute Gasteiger partial charge is 0.224 e. The Balaban J connectivity index is 0.00000178. The van der Waals surface area contributed by atoms with Gasteiger partial charge in [0.25, 0.3) is 0 Å². The molecule has 1 aromatic rings. The molecule has 39 heavy (non-hydrogen) atoms. The van der Waals surface area contributed by atoms with Gasteiger partial charge in [0, 0.05) is 50.5 Å². The quantitative estimate of drug-likeness (QED) is 0.391. The zero-order valence-electron chi connectivity index (χ0n) is 23.3. The lowest BCUT2D eigenvalue weighted by molar-refractivity contribution is -0.124. The van der Waals surface area contributed by atoms with Gasteiger partial charge in [0.15, 0.2) is 0 Å². The van der Waals surface area contributed by atoms with Crippen LogP contribution in [0.2, 0.25) is 0 Å². The van der Waals surface area contributed by atoms with Crippen molar-refractivity contribution < 1.29 is 4.79 Å². The predicted octanol–water partition coefficient (Wildman–Crippen LogP) is 4.82. The third-order valence-corrected chi connectivity index (χ3v) is 8.92. The summed E-state index contributed by atoms with van der Waals surface area (Å²) >= 11 is 0. The number of carbonyl (C=O) groups is 1. The lowest BCUT2D eigenvalue weighted by atomic mass is 9.87. The molecule has 3 N–H and O–H groups in total. The lowest BCUT2D eigenvalue weighted by Gasteiger charge is -2.47. The zero-order chi connectivity index (χ0) is 24.6. The first-order valence-corrected chi connectivity index (χ1v) is 14.9. The minimum absolute atomic E-state index is 0. The minimum atomic E-state index is 0. The number of halogens is 3. The molecule has 4 heterocycles. The number of likely N-dealkylation sites (tertiary alicyclic amines) is 1. The fourth-order valence-corrected chi connectivity index (χ4v) is 6.91. The summed E-state index contributed by atoms with van der Waals surface area (Å²) < 4.78 is 0. The van der Waals surface area contributed by atoms with Crippen molar-refractivity contribution in [1.82, 2.24) is 25.5 Å². The van der Waals surface area contributed by atoms with Gasteiger partial charge in [-0.05, 0) is 70.5 Å². The highest BCUT2D eigenvalue weighted by molar-refractivity contribution is 5.86. The van der Waals surface area contributed by atoms with E-state index in [2.05, 4.69) is 36.8 Å². The first-order valence-electron chi connectivity index (χ1n) is 14.9. The fraction of sp³-hybridized carbons (Fsp3) is 0.821. The van der Waals surface area contributed by atoms with Gasteiger partial charge in [0.1, 0.15) is 5.82 Å². The van der Waals surface area contributed by atoms with Gasteiger partial charge in [0.05, 0.1) is 5.92 Å². The average Bonchev–Trinajstić information content (AvgIpc) is 3.33. The molecule has 4 aliphatic rings. The molecular weight excluding hydrogens is 557 g/mol. The minimum Gasteiger partial charge on any atom is -0.356 e. The fourth-order valence-electron chi connectivity index (χ4n) is 6.91. The highest BCUT2D eigenvalue weighted by Gasteiger charge is 2.36. The van der Waals surface area contributed by atoms with Gasteiger partial charge in [-0.15, -0.1) is 37.2 Å². The zero-order valence-corrected chi connectivity index (χ0v) is 25.8. The highest BCUT2D eigenvalue weighted by Crippen LogP contribution is 2.31. The Morgan fingerprint density at radius 3 is 2.38 bits per heavy atom. The van der Waals surface area contributed by atoms with Gasteiger partial charge in [-0.3, -0.25) is 9.69 Å². The van der Waals surface area contributed by atoms with Crippen molar-refractivity contribution >= 4 is 54.9 Å². The third-order valence-electron chi connectivity index (χ3n) is 8.92. The van der Waals surface area contributed by atoms with Crippen molar-refractivity contribution in [3.05, 3.63) is 12.3 Å². The van der Waals surface area contributed by atoms with Gasteiger partial charge in [-0.2, -0.15) is 4.98 Å². The van der Waals surface area contributed by atoms with Crippen LogP contribution in [0.4, 0.5) is 11.8 Å².